The van der Waals surface area contributed by atoms with E-state index in [-0.39, 0.29) is 17.7 Å². The molecule has 0 aliphatic rings. The number of pyridine rings is 1. The molecule has 0 fully saturated rings. The summed E-state index contributed by atoms with van der Waals surface area (Å²) in [6.45, 7) is 5.89. The zero-order valence-corrected chi connectivity index (χ0v) is 12.5. The van der Waals surface area contributed by atoms with Crippen molar-refractivity contribution in [3.63, 3.8) is 0 Å². The fraction of sp³-hybridized carbons (Fsp3) is 0.643. The number of hydrogen-bond acceptors (Lipinski definition) is 4. The van der Waals surface area contributed by atoms with Crippen LogP contribution in [0.4, 0.5) is 24.8 Å². The van der Waals surface area contributed by atoms with Crippen LogP contribution in [0.2, 0.25) is 0 Å². The molecule has 0 aliphatic heterocycles. The van der Waals surface area contributed by atoms with E-state index in [1.165, 1.54) is 0 Å². The molecule has 1 rings (SSSR count). The summed E-state index contributed by atoms with van der Waals surface area (Å²) in [6, 6.07) is 1.80. The number of halogens is 3. The zero-order valence-electron chi connectivity index (χ0n) is 12.5. The molecule has 0 bridgehead atoms. The van der Waals surface area contributed by atoms with E-state index in [0.717, 1.165) is 18.6 Å². The SMILES string of the molecule is CCCNc1cc(C(F)(F)F)cc(NC(C)CC(C)O)n1. The highest BCUT2D eigenvalue weighted by molar-refractivity contribution is 5.50. The number of alkyl halides is 3. The minimum atomic E-state index is -4.42. The molecule has 2 atom stereocenters. The molecule has 120 valence electrons. The van der Waals surface area contributed by atoms with Crippen molar-refractivity contribution in [2.75, 3.05) is 17.2 Å². The maximum Gasteiger partial charge on any atom is 0.416 e. The molecule has 0 aliphatic carbocycles. The van der Waals surface area contributed by atoms with Gasteiger partial charge in [-0.05, 0) is 38.8 Å². The molecule has 3 N–H and O–H groups in total. The van der Waals surface area contributed by atoms with Crippen molar-refractivity contribution in [2.45, 2.75) is 51.9 Å². The highest BCUT2D eigenvalue weighted by Gasteiger charge is 2.31. The van der Waals surface area contributed by atoms with E-state index < -0.39 is 17.8 Å². The fourth-order valence-corrected chi connectivity index (χ4v) is 1.93. The molecule has 1 heterocycles. The lowest BCUT2D eigenvalue weighted by atomic mass is 10.1. The summed E-state index contributed by atoms with van der Waals surface area (Å²) in [7, 11) is 0. The number of nitrogens with one attached hydrogen (secondary N) is 2. The number of anilines is 2. The van der Waals surface area contributed by atoms with Gasteiger partial charge in [-0.2, -0.15) is 13.2 Å². The lowest BCUT2D eigenvalue weighted by Crippen LogP contribution is -2.22. The maximum atomic E-state index is 12.9. The predicted octanol–water partition coefficient (Wildman–Crippen LogP) is 3.49. The van der Waals surface area contributed by atoms with Gasteiger partial charge in [-0.25, -0.2) is 4.98 Å². The molecule has 4 nitrogen and oxygen atoms in total. The van der Waals surface area contributed by atoms with E-state index in [1.807, 2.05) is 6.92 Å². The number of aliphatic hydroxyl groups is 1. The van der Waals surface area contributed by atoms with Crippen LogP contribution in [-0.2, 0) is 6.18 Å². The molecule has 0 saturated carbocycles. The maximum absolute atomic E-state index is 12.9. The van der Waals surface area contributed by atoms with E-state index in [2.05, 4.69) is 15.6 Å². The summed E-state index contributed by atoms with van der Waals surface area (Å²) in [5, 5.41) is 15.1. The second-order valence-electron chi connectivity index (χ2n) is 5.18. The van der Waals surface area contributed by atoms with Gasteiger partial charge < -0.3 is 15.7 Å². The molecule has 0 amide bonds. The Balaban J connectivity index is 2.95. The molecule has 0 saturated heterocycles. The van der Waals surface area contributed by atoms with Gasteiger partial charge in [0.2, 0.25) is 0 Å². The van der Waals surface area contributed by atoms with E-state index in [1.54, 1.807) is 13.8 Å². The Morgan fingerprint density at radius 3 is 2.38 bits per heavy atom. The Morgan fingerprint density at radius 2 is 1.86 bits per heavy atom. The Bertz CT molecular complexity index is 450. The number of aromatic nitrogens is 1. The van der Waals surface area contributed by atoms with Crippen molar-refractivity contribution in [3.8, 4) is 0 Å². The van der Waals surface area contributed by atoms with Crippen LogP contribution in [0.3, 0.4) is 0 Å². The molecule has 21 heavy (non-hydrogen) atoms. The van der Waals surface area contributed by atoms with Crippen molar-refractivity contribution < 1.29 is 18.3 Å². The summed E-state index contributed by atoms with van der Waals surface area (Å²) in [5.41, 5.74) is -0.747. The Labute approximate surface area is 122 Å². The Morgan fingerprint density at radius 1 is 1.24 bits per heavy atom. The first-order chi connectivity index (χ1) is 9.72. The molecular formula is C14H22F3N3O. The molecule has 2 unspecified atom stereocenters. The first-order valence-electron chi connectivity index (χ1n) is 7.00. The van der Waals surface area contributed by atoms with Crippen LogP contribution >= 0.6 is 0 Å². The van der Waals surface area contributed by atoms with Gasteiger partial charge in [-0.3, -0.25) is 0 Å². The molecule has 1 aromatic rings. The summed E-state index contributed by atoms with van der Waals surface area (Å²) < 4.78 is 38.7. The lowest BCUT2D eigenvalue weighted by Gasteiger charge is -2.18. The molecule has 0 radical (unpaired) electrons. The Hall–Kier alpha value is -1.50. The standard InChI is InChI=1S/C14H22F3N3O/c1-4-5-18-12-7-11(14(15,16)17)8-13(20-12)19-9(2)6-10(3)21/h7-10,21H,4-6H2,1-3H3,(H2,18,19,20). The summed E-state index contributed by atoms with van der Waals surface area (Å²) in [5.74, 6) is 0.343. The topological polar surface area (TPSA) is 57.2 Å². The third-order valence-electron chi connectivity index (χ3n) is 2.80. The van der Waals surface area contributed by atoms with Crippen LogP contribution in [-0.4, -0.2) is 28.8 Å². The molecule has 7 heteroatoms. The van der Waals surface area contributed by atoms with Crippen molar-refractivity contribution in [2.24, 2.45) is 0 Å². The summed E-state index contributed by atoms with van der Waals surface area (Å²) in [4.78, 5) is 4.13. The number of rotatable bonds is 7. The first-order valence-corrected chi connectivity index (χ1v) is 7.00. The van der Waals surface area contributed by atoms with Crippen molar-refractivity contribution >= 4 is 11.6 Å². The largest absolute Gasteiger partial charge is 0.416 e. The normalized spacial score (nSPS) is 14.6. The number of aliphatic hydroxyl groups excluding tert-OH is 1. The van der Waals surface area contributed by atoms with E-state index >= 15 is 0 Å². The third-order valence-corrected chi connectivity index (χ3v) is 2.80. The van der Waals surface area contributed by atoms with Crippen molar-refractivity contribution in [1.29, 1.82) is 0 Å². The van der Waals surface area contributed by atoms with Crippen molar-refractivity contribution in [1.82, 2.24) is 4.98 Å². The molecule has 1 aromatic heterocycles. The average molecular weight is 305 g/mol. The first kappa shape index (κ1) is 17.6. The monoisotopic (exact) mass is 305 g/mol. The van der Waals surface area contributed by atoms with Gasteiger partial charge in [-0.1, -0.05) is 6.92 Å². The van der Waals surface area contributed by atoms with E-state index in [4.69, 9.17) is 0 Å². The van der Waals surface area contributed by atoms with E-state index in [0.29, 0.717) is 13.0 Å². The predicted molar refractivity (Wildman–Crippen MR) is 77.4 cm³/mol. The van der Waals surface area contributed by atoms with Crippen LogP contribution in [0.15, 0.2) is 12.1 Å². The second-order valence-corrected chi connectivity index (χ2v) is 5.18. The molecule has 0 spiro atoms. The molecule has 0 aromatic carbocycles. The minimum Gasteiger partial charge on any atom is -0.393 e. The quantitative estimate of drug-likeness (QED) is 0.722. The van der Waals surface area contributed by atoms with Gasteiger partial charge in [0.1, 0.15) is 11.6 Å². The minimum absolute atomic E-state index is 0.150. The van der Waals surface area contributed by atoms with Gasteiger partial charge in [0.25, 0.3) is 0 Å². The van der Waals surface area contributed by atoms with Gasteiger partial charge in [0.15, 0.2) is 0 Å². The van der Waals surface area contributed by atoms with Gasteiger partial charge in [-0.15, -0.1) is 0 Å². The van der Waals surface area contributed by atoms with Crippen LogP contribution in [0.1, 0.15) is 39.2 Å². The third kappa shape index (κ3) is 6.20. The van der Waals surface area contributed by atoms with Crippen LogP contribution in [0.5, 0.6) is 0 Å². The van der Waals surface area contributed by atoms with Crippen molar-refractivity contribution in [3.05, 3.63) is 17.7 Å². The van der Waals surface area contributed by atoms with Gasteiger partial charge in [0, 0.05) is 12.6 Å². The average Bonchev–Trinajstić information content (AvgIpc) is 2.33. The van der Waals surface area contributed by atoms with Crippen LogP contribution in [0.25, 0.3) is 0 Å². The molecular weight excluding hydrogens is 283 g/mol. The number of hydrogen-bond donors (Lipinski definition) is 3. The summed E-state index contributed by atoms with van der Waals surface area (Å²) >= 11 is 0. The lowest BCUT2D eigenvalue weighted by molar-refractivity contribution is -0.137. The van der Waals surface area contributed by atoms with Crippen LogP contribution < -0.4 is 10.6 Å². The highest BCUT2D eigenvalue weighted by atomic mass is 19.4. The van der Waals surface area contributed by atoms with Crippen LogP contribution in [0, 0.1) is 0 Å². The zero-order chi connectivity index (χ0) is 16.0. The summed E-state index contributed by atoms with van der Waals surface area (Å²) in [6.07, 6.45) is -3.74. The second kappa shape index (κ2) is 7.49. The van der Waals surface area contributed by atoms with Gasteiger partial charge in [0.05, 0.1) is 11.7 Å². The highest BCUT2D eigenvalue weighted by Crippen LogP contribution is 2.32. The smallest absolute Gasteiger partial charge is 0.393 e. The van der Waals surface area contributed by atoms with E-state index in [9.17, 15) is 18.3 Å². The fourth-order valence-electron chi connectivity index (χ4n) is 1.93. The Kier molecular flexibility index (Phi) is 6.26. The number of nitrogens with zero attached hydrogens (tertiary/aromatic N) is 1. The van der Waals surface area contributed by atoms with Gasteiger partial charge >= 0.3 is 6.18 Å².